The average Bonchev–Trinajstić information content (AvgIpc) is 2.27. The molecule has 3 N–H and O–H groups in total. The molecule has 0 saturated carbocycles. The van der Waals surface area contributed by atoms with E-state index in [4.69, 9.17) is 10.6 Å². The lowest BCUT2D eigenvalue weighted by Crippen LogP contribution is -2.31. The fourth-order valence-electron chi connectivity index (χ4n) is 1.32. The molecular formula is C10H11N3O2. The van der Waals surface area contributed by atoms with Crippen molar-refractivity contribution in [3.63, 3.8) is 0 Å². The number of nitrogens with one attached hydrogen (secondary N) is 1. The van der Waals surface area contributed by atoms with Gasteiger partial charge in [-0.1, -0.05) is 0 Å². The highest BCUT2D eigenvalue weighted by molar-refractivity contribution is 5.90. The summed E-state index contributed by atoms with van der Waals surface area (Å²) < 4.78 is 0. The van der Waals surface area contributed by atoms with E-state index in [1.54, 1.807) is 25.4 Å². The van der Waals surface area contributed by atoms with Crippen LogP contribution in [0, 0.1) is 0 Å². The third-order valence-corrected chi connectivity index (χ3v) is 2.21. The van der Waals surface area contributed by atoms with Crippen LogP contribution in [-0.2, 0) is 0 Å². The van der Waals surface area contributed by atoms with Gasteiger partial charge in [0.1, 0.15) is 0 Å². The van der Waals surface area contributed by atoms with E-state index in [0.29, 0.717) is 0 Å². The molecule has 1 heterocycles. The SMILES string of the molecule is CN(C(N)=O)c1ccc2c(c1)C=CNO2. The van der Waals surface area contributed by atoms with Crippen LogP contribution in [0.1, 0.15) is 5.56 Å². The molecule has 0 bridgehead atoms. The topological polar surface area (TPSA) is 67.6 Å². The normalized spacial score (nSPS) is 12.3. The summed E-state index contributed by atoms with van der Waals surface area (Å²) >= 11 is 0. The van der Waals surface area contributed by atoms with Crippen molar-refractivity contribution in [3.8, 4) is 5.75 Å². The molecule has 0 unspecified atom stereocenters. The lowest BCUT2D eigenvalue weighted by Gasteiger charge is -2.18. The summed E-state index contributed by atoms with van der Waals surface area (Å²) in [5.41, 5.74) is 9.43. The predicted molar refractivity (Wildman–Crippen MR) is 57.2 cm³/mol. The zero-order chi connectivity index (χ0) is 10.8. The molecule has 15 heavy (non-hydrogen) atoms. The standard InChI is InChI=1S/C10H11N3O2/c1-13(10(11)14)8-2-3-9-7(6-8)4-5-12-15-9/h2-6,12H,1H3,(H2,11,14). The van der Waals surface area contributed by atoms with Gasteiger partial charge >= 0.3 is 6.03 Å². The first-order valence-electron chi connectivity index (χ1n) is 4.44. The molecule has 0 radical (unpaired) electrons. The molecule has 0 spiro atoms. The number of fused-ring (bicyclic) bond motifs is 1. The smallest absolute Gasteiger partial charge is 0.318 e. The number of hydrogen-bond donors (Lipinski definition) is 2. The maximum absolute atomic E-state index is 11.0. The van der Waals surface area contributed by atoms with Crippen molar-refractivity contribution in [1.82, 2.24) is 5.48 Å². The lowest BCUT2D eigenvalue weighted by atomic mass is 10.1. The minimum Gasteiger partial charge on any atom is -0.382 e. The number of rotatable bonds is 1. The van der Waals surface area contributed by atoms with Crippen LogP contribution in [0.3, 0.4) is 0 Å². The molecule has 0 aromatic heterocycles. The van der Waals surface area contributed by atoms with Crippen molar-refractivity contribution in [3.05, 3.63) is 30.0 Å². The number of nitrogens with zero attached hydrogens (tertiary/aromatic N) is 1. The summed E-state index contributed by atoms with van der Waals surface area (Å²) in [6, 6.07) is 4.89. The van der Waals surface area contributed by atoms with Gasteiger partial charge in [0.15, 0.2) is 5.75 Å². The third-order valence-electron chi connectivity index (χ3n) is 2.21. The summed E-state index contributed by atoms with van der Waals surface area (Å²) in [4.78, 5) is 17.5. The molecule has 1 aliphatic rings. The predicted octanol–water partition coefficient (Wildman–Crippen LogP) is 1.07. The molecule has 2 rings (SSSR count). The molecule has 1 aliphatic heterocycles. The van der Waals surface area contributed by atoms with Gasteiger partial charge in [-0.3, -0.25) is 4.90 Å². The second kappa shape index (κ2) is 3.53. The molecule has 5 heteroatoms. The summed E-state index contributed by atoms with van der Waals surface area (Å²) in [6.45, 7) is 0. The van der Waals surface area contributed by atoms with Crippen LogP contribution < -0.4 is 21.0 Å². The van der Waals surface area contributed by atoms with Crippen LogP contribution >= 0.6 is 0 Å². The summed E-state index contributed by atoms with van der Waals surface area (Å²) in [7, 11) is 1.62. The monoisotopic (exact) mass is 205 g/mol. The number of urea groups is 1. The van der Waals surface area contributed by atoms with Crippen LogP contribution in [0.4, 0.5) is 10.5 Å². The van der Waals surface area contributed by atoms with E-state index in [2.05, 4.69) is 5.48 Å². The number of carbonyl (C=O) groups excluding carboxylic acids is 1. The Labute approximate surface area is 87.1 Å². The maximum Gasteiger partial charge on any atom is 0.318 e. The number of nitrogens with two attached hydrogens (primary N) is 1. The van der Waals surface area contributed by atoms with Gasteiger partial charge in [-0.05, 0) is 24.3 Å². The number of benzene rings is 1. The zero-order valence-electron chi connectivity index (χ0n) is 8.23. The van der Waals surface area contributed by atoms with Crippen molar-refractivity contribution in [1.29, 1.82) is 0 Å². The van der Waals surface area contributed by atoms with Crippen LogP contribution in [0.5, 0.6) is 5.75 Å². The number of hydroxylamine groups is 1. The molecule has 0 atom stereocenters. The molecule has 78 valence electrons. The van der Waals surface area contributed by atoms with Gasteiger partial charge < -0.3 is 10.6 Å². The first-order chi connectivity index (χ1) is 7.18. The van der Waals surface area contributed by atoms with Gasteiger partial charge in [0.2, 0.25) is 0 Å². The molecular weight excluding hydrogens is 194 g/mol. The Kier molecular flexibility index (Phi) is 2.21. The fraction of sp³-hybridized carbons (Fsp3) is 0.100. The molecule has 5 nitrogen and oxygen atoms in total. The van der Waals surface area contributed by atoms with E-state index < -0.39 is 6.03 Å². The number of amides is 2. The first-order valence-corrected chi connectivity index (χ1v) is 4.44. The minimum absolute atomic E-state index is 0.492. The Morgan fingerprint density at radius 1 is 1.53 bits per heavy atom. The van der Waals surface area contributed by atoms with Gasteiger partial charge in [-0.15, -0.1) is 0 Å². The average molecular weight is 205 g/mol. The summed E-state index contributed by atoms with van der Waals surface area (Å²) in [5, 5.41) is 0. The summed E-state index contributed by atoms with van der Waals surface area (Å²) in [5.74, 6) is 0.721. The van der Waals surface area contributed by atoms with Gasteiger partial charge in [0, 0.05) is 24.5 Å². The number of anilines is 1. The van der Waals surface area contributed by atoms with Crippen LogP contribution in [0.25, 0.3) is 6.08 Å². The van der Waals surface area contributed by atoms with Crippen LogP contribution in [-0.4, -0.2) is 13.1 Å². The molecule has 2 amide bonds. The molecule has 0 fully saturated rings. The lowest BCUT2D eigenvalue weighted by molar-refractivity contribution is 0.239. The first kappa shape index (κ1) is 9.39. The van der Waals surface area contributed by atoms with Gasteiger partial charge in [0.25, 0.3) is 0 Å². The highest BCUT2D eigenvalue weighted by atomic mass is 16.6. The Hall–Kier alpha value is -2.17. The van der Waals surface area contributed by atoms with E-state index in [1.165, 1.54) is 4.90 Å². The molecule has 0 aliphatic carbocycles. The van der Waals surface area contributed by atoms with E-state index in [9.17, 15) is 4.79 Å². The quantitative estimate of drug-likeness (QED) is 0.720. The highest BCUT2D eigenvalue weighted by Crippen LogP contribution is 2.26. The summed E-state index contributed by atoms with van der Waals surface area (Å²) in [6.07, 6.45) is 3.54. The van der Waals surface area contributed by atoms with E-state index in [1.807, 2.05) is 12.1 Å². The fourth-order valence-corrected chi connectivity index (χ4v) is 1.32. The van der Waals surface area contributed by atoms with E-state index in [-0.39, 0.29) is 0 Å². The zero-order valence-corrected chi connectivity index (χ0v) is 8.23. The van der Waals surface area contributed by atoms with Crippen molar-refractivity contribution in [2.75, 3.05) is 11.9 Å². The molecule has 0 saturated heterocycles. The van der Waals surface area contributed by atoms with E-state index in [0.717, 1.165) is 17.0 Å². The third kappa shape index (κ3) is 1.71. The van der Waals surface area contributed by atoms with Gasteiger partial charge in [0.05, 0.1) is 0 Å². The maximum atomic E-state index is 11.0. The van der Waals surface area contributed by atoms with Crippen LogP contribution in [0.2, 0.25) is 0 Å². The molecule has 1 aromatic rings. The number of hydrogen-bond acceptors (Lipinski definition) is 3. The van der Waals surface area contributed by atoms with Crippen molar-refractivity contribution < 1.29 is 9.63 Å². The highest BCUT2D eigenvalue weighted by Gasteiger charge is 2.11. The van der Waals surface area contributed by atoms with Crippen molar-refractivity contribution >= 4 is 17.8 Å². The van der Waals surface area contributed by atoms with Crippen LogP contribution in [0.15, 0.2) is 24.4 Å². The number of primary amides is 1. The minimum atomic E-state index is -0.492. The molecule has 1 aromatic carbocycles. The second-order valence-corrected chi connectivity index (χ2v) is 3.17. The second-order valence-electron chi connectivity index (χ2n) is 3.17. The number of carbonyl (C=O) groups is 1. The Balaban J connectivity index is 2.37. The van der Waals surface area contributed by atoms with Crippen molar-refractivity contribution in [2.45, 2.75) is 0 Å². The van der Waals surface area contributed by atoms with Gasteiger partial charge in [-0.2, -0.15) is 0 Å². The Morgan fingerprint density at radius 2 is 2.33 bits per heavy atom. The van der Waals surface area contributed by atoms with Gasteiger partial charge in [-0.25, -0.2) is 10.3 Å². The Bertz CT molecular complexity index is 429. The largest absolute Gasteiger partial charge is 0.382 e. The van der Waals surface area contributed by atoms with Crippen molar-refractivity contribution in [2.24, 2.45) is 5.73 Å². The Morgan fingerprint density at radius 3 is 3.07 bits per heavy atom. The van der Waals surface area contributed by atoms with E-state index >= 15 is 0 Å².